The van der Waals surface area contributed by atoms with Crippen molar-refractivity contribution in [2.45, 2.75) is 57.8 Å². The number of aromatic nitrogens is 3. The highest BCUT2D eigenvalue weighted by Gasteiger charge is 2.24. The van der Waals surface area contributed by atoms with Crippen LogP contribution in [-0.4, -0.2) is 38.7 Å². The van der Waals surface area contributed by atoms with Gasteiger partial charge in [0.1, 0.15) is 12.2 Å². The topological polar surface area (TPSA) is 60.2 Å². The first kappa shape index (κ1) is 12.5. The fourth-order valence-corrected chi connectivity index (χ4v) is 2.23. The molecular formula is C12H21N3O2. The molecule has 0 amide bonds. The SMILES string of the molecule is CCCn1ncnc1CC(O)C1CCCCO1. The van der Waals surface area contributed by atoms with Gasteiger partial charge in [-0.1, -0.05) is 6.92 Å². The van der Waals surface area contributed by atoms with Crippen LogP contribution in [0.1, 0.15) is 38.4 Å². The Kier molecular flexibility index (Phi) is 4.50. The summed E-state index contributed by atoms with van der Waals surface area (Å²) in [5.74, 6) is 0.855. The van der Waals surface area contributed by atoms with Crippen LogP contribution in [0, 0.1) is 0 Å². The predicted molar refractivity (Wildman–Crippen MR) is 63.6 cm³/mol. The zero-order chi connectivity index (χ0) is 12.1. The Morgan fingerprint density at radius 2 is 2.47 bits per heavy atom. The molecule has 2 atom stereocenters. The molecule has 2 unspecified atom stereocenters. The minimum absolute atomic E-state index is 0.0319. The molecule has 1 aliphatic heterocycles. The Morgan fingerprint density at radius 3 is 3.18 bits per heavy atom. The van der Waals surface area contributed by atoms with Crippen molar-refractivity contribution in [3.8, 4) is 0 Å². The van der Waals surface area contributed by atoms with Gasteiger partial charge in [0.25, 0.3) is 0 Å². The van der Waals surface area contributed by atoms with Crippen LogP contribution >= 0.6 is 0 Å². The first-order chi connectivity index (χ1) is 8.31. The van der Waals surface area contributed by atoms with Gasteiger partial charge in [0.05, 0.1) is 12.2 Å². The summed E-state index contributed by atoms with van der Waals surface area (Å²) in [6.07, 6.45) is 5.81. The van der Waals surface area contributed by atoms with Crippen LogP contribution in [0.25, 0.3) is 0 Å². The zero-order valence-corrected chi connectivity index (χ0v) is 10.4. The fourth-order valence-electron chi connectivity index (χ4n) is 2.23. The predicted octanol–water partition coefficient (Wildman–Crippen LogP) is 1.16. The van der Waals surface area contributed by atoms with E-state index in [1.54, 1.807) is 6.33 Å². The third kappa shape index (κ3) is 3.26. The van der Waals surface area contributed by atoms with Crippen molar-refractivity contribution in [2.24, 2.45) is 0 Å². The lowest BCUT2D eigenvalue weighted by molar-refractivity contribution is -0.0620. The van der Waals surface area contributed by atoms with Gasteiger partial charge in [0.15, 0.2) is 0 Å². The Bertz CT molecular complexity index is 334. The van der Waals surface area contributed by atoms with Crippen LogP contribution in [0.2, 0.25) is 0 Å². The van der Waals surface area contributed by atoms with E-state index < -0.39 is 6.10 Å². The smallest absolute Gasteiger partial charge is 0.138 e. The van der Waals surface area contributed by atoms with E-state index in [9.17, 15) is 5.11 Å². The number of rotatable bonds is 5. The maximum atomic E-state index is 10.1. The molecule has 1 aromatic rings. The lowest BCUT2D eigenvalue weighted by Gasteiger charge is -2.26. The number of ether oxygens (including phenoxy) is 1. The zero-order valence-electron chi connectivity index (χ0n) is 10.4. The number of hydrogen-bond donors (Lipinski definition) is 1. The number of aliphatic hydroxyl groups is 1. The minimum atomic E-state index is -0.463. The van der Waals surface area contributed by atoms with Gasteiger partial charge in [0, 0.05) is 19.6 Å². The first-order valence-corrected chi connectivity index (χ1v) is 6.47. The molecule has 0 aliphatic carbocycles. The van der Waals surface area contributed by atoms with E-state index in [0.717, 1.165) is 44.7 Å². The van der Waals surface area contributed by atoms with Crippen LogP contribution in [0.15, 0.2) is 6.33 Å². The van der Waals surface area contributed by atoms with Gasteiger partial charge in [-0.2, -0.15) is 5.10 Å². The Hall–Kier alpha value is -0.940. The molecule has 0 spiro atoms. The van der Waals surface area contributed by atoms with Gasteiger partial charge in [-0.15, -0.1) is 0 Å². The quantitative estimate of drug-likeness (QED) is 0.837. The van der Waals surface area contributed by atoms with Gasteiger partial charge in [0.2, 0.25) is 0 Å². The summed E-state index contributed by atoms with van der Waals surface area (Å²) >= 11 is 0. The second kappa shape index (κ2) is 6.12. The molecule has 1 fully saturated rings. The molecule has 0 radical (unpaired) electrons. The van der Waals surface area contributed by atoms with E-state index in [-0.39, 0.29) is 6.10 Å². The van der Waals surface area contributed by atoms with Crippen molar-refractivity contribution in [2.75, 3.05) is 6.61 Å². The third-order valence-corrected chi connectivity index (χ3v) is 3.17. The van der Waals surface area contributed by atoms with E-state index in [1.807, 2.05) is 4.68 Å². The van der Waals surface area contributed by atoms with Gasteiger partial charge in [-0.3, -0.25) is 4.68 Å². The molecule has 0 saturated carbocycles. The van der Waals surface area contributed by atoms with E-state index in [2.05, 4.69) is 17.0 Å². The highest BCUT2D eigenvalue weighted by Crippen LogP contribution is 2.18. The van der Waals surface area contributed by atoms with Crippen molar-refractivity contribution in [3.05, 3.63) is 12.2 Å². The van der Waals surface area contributed by atoms with Gasteiger partial charge >= 0.3 is 0 Å². The lowest BCUT2D eigenvalue weighted by atomic mass is 10.0. The van der Waals surface area contributed by atoms with Crippen LogP contribution in [0.4, 0.5) is 0 Å². The van der Waals surface area contributed by atoms with Gasteiger partial charge in [-0.05, 0) is 25.7 Å². The highest BCUT2D eigenvalue weighted by atomic mass is 16.5. The number of hydrogen-bond acceptors (Lipinski definition) is 4. The Morgan fingerprint density at radius 1 is 1.59 bits per heavy atom. The van der Waals surface area contributed by atoms with Crippen LogP contribution in [0.5, 0.6) is 0 Å². The number of aryl methyl sites for hydroxylation is 1. The van der Waals surface area contributed by atoms with Crippen LogP contribution in [0.3, 0.4) is 0 Å². The number of aliphatic hydroxyl groups excluding tert-OH is 1. The summed E-state index contributed by atoms with van der Waals surface area (Å²) in [6.45, 7) is 3.73. The van der Waals surface area contributed by atoms with Crippen molar-refractivity contribution in [3.63, 3.8) is 0 Å². The molecule has 0 aromatic carbocycles. The van der Waals surface area contributed by atoms with E-state index in [4.69, 9.17) is 4.74 Å². The van der Waals surface area contributed by atoms with Crippen molar-refractivity contribution in [1.29, 1.82) is 0 Å². The summed E-state index contributed by atoms with van der Waals surface area (Å²) in [4.78, 5) is 4.21. The Balaban J connectivity index is 1.92. The maximum Gasteiger partial charge on any atom is 0.138 e. The molecule has 2 rings (SSSR count). The summed E-state index contributed by atoms with van der Waals surface area (Å²) in [6, 6.07) is 0. The average molecular weight is 239 g/mol. The molecule has 1 aromatic heterocycles. The van der Waals surface area contributed by atoms with E-state index in [0.29, 0.717) is 6.42 Å². The molecule has 0 bridgehead atoms. The summed E-state index contributed by atoms with van der Waals surface area (Å²) in [5, 5.41) is 14.3. The minimum Gasteiger partial charge on any atom is -0.390 e. The van der Waals surface area contributed by atoms with E-state index >= 15 is 0 Å². The monoisotopic (exact) mass is 239 g/mol. The van der Waals surface area contributed by atoms with Gasteiger partial charge < -0.3 is 9.84 Å². The molecule has 1 saturated heterocycles. The van der Waals surface area contributed by atoms with Crippen molar-refractivity contribution < 1.29 is 9.84 Å². The highest BCUT2D eigenvalue weighted by molar-refractivity contribution is 4.90. The molecule has 17 heavy (non-hydrogen) atoms. The molecule has 1 N–H and O–H groups in total. The summed E-state index contributed by atoms with van der Waals surface area (Å²) < 4.78 is 7.45. The van der Waals surface area contributed by atoms with Crippen molar-refractivity contribution in [1.82, 2.24) is 14.8 Å². The summed E-state index contributed by atoms with van der Waals surface area (Å²) in [7, 11) is 0. The second-order valence-corrected chi connectivity index (χ2v) is 4.58. The normalized spacial score (nSPS) is 22.6. The van der Waals surface area contributed by atoms with Crippen LogP contribution < -0.4 is 0 Å². The fraction of sp³-hybridized carbons (Fsp3) is 0.833. The Labute approximate surface area is 102 Å². The molecular weight excluding hydrogens is 218 g/mol. The first-order valence-electron chi connectivity index (χ1n) is 6.47. The molecule has 2 heterocycles. The third-order valence-electron chi connectivity index (χ3n) is 3.17. The molecule has 5 heteroatoms. The molecule has 96 valence electrons. The molecule has 1 aliphatic rings. The van der Waals surface area contributed by atoms with Crippen molar-refractivity contribution >= 4 is 0 Å². The number of nitrogens with zero attached hydrogens (tertiary/aromatic N) is 3. The lowest BCUT2D eigenvalue weighted by Crippen LogP contribution is -2.34. The molecule has 5 nitrogen and oxygen atoms in total. The van der Waals surface area contributed by atoms with E-state index in [1.165, 1.54) is 0 Å². The van der Waals surface area contributed by atoms with Gasteiger partial charge in [-0.25, -0.2) is 4.98 Å². The summed E-state index contributed by atoms with van der Waals surface area (Å²) in [5.41, 5.74) is 0. The van der Waals surface area contributed by atoms with Crippen LogP contribution in [-0.2, 0) is 17.7 Å². The largest absolute Gasteiger partial charge is 0.390 e. The second-order valence-electron chi connectivity index (χ2n) is 4.58. The average Bonchev–Trinajstić information content (AvgIpc) is 2.78. The standard InChI is InChI=1S/C12H21N3O2/c1-2-6-15-12(13-9-14-15)8-10(16)11-5-3-4-7-17-11/h9-11,16H,2-8H2,1H3. The maximum absolute atomic E-state index is 10.1.